The normalized spacial score (nSPS) is 10.7. The van der Waals surface area contributed by atoms with Crippen molar-refractivity contribution in [2.24, 2.45) is 0 Å². The third kappa shape index (κ3) is 12.8. The zero-order valence-electron chi connectivity index (χ0n) is 31.3. The monoisotopic (exact) mass is 748 g/mol. The Balaban J connectivity index is 1.40. The van der Waals surface area contributed by atoms with Crippen molar-refractivity contribution in [1.29, 1.82) is 0 Å². The largest absolute Gasteiger partial charge is 0.460 e. The van der Waals surface area contributed by atoms with Crippen LogP contribution >= 0.6 is 0 Å². The van der Waals surface area contributed by atoms with Gasteiger partial charge in [0, 0.05) is 43.9 Å². The van der Waals surface area contributed by atoms with E-state index in [9.17, 15) is 28.8 Å². The van der Waals surface area contributed by atoms with Crippen molar-refractivity contribution in [2.75, 3.05) is 55.8 Å². The Kier molecular flexibility index (Phi) is 15.4. The predicted octanol–water partition coefficient (Wildman–Crippen LogP) is 6.67. The van der Waals surface area contributed by atoms with Crippen LogP contribution in [0.15, 0.2) is 97.1 Å². The van der Waals surface area contributed by atoms with Crippen LogP contribution in [0.5, 0.6) is 0 Å². The second-order valence-electron chi connectivity index (χ2n) is 12.2. The van der Waals surface area contributed by atoms with Gasteiger partial charge in [-0.2, -0.15) is 0 Å². The molecule has 0 atom stereocenters. The quantitative estimate of drug-likeness (QED) is 0.0352. The van der Waals surface area contributed by atoms with E-state index < -0.39 is 42.2 Å². The van der Waals surface area contributed by atoms with Gasteiger partial charge in [0.15, 0.2) is 12.4 Å². The lowest BCUT2D eigenvalue weighted by atomic mass is 10.1. The van der Waals surface area contributed by atoms with Gasteiger partial charge in [-0.05, 0) is 85.6 Å². The number of ether oxygens (including phenoxy) is 4. The van der Waals surface area contributed by atoms with Gasteiger partial charge in [-0.1, -0.05) is 48.6 Å². The van der Waals surface area contributed by atoms with Crippen molar-refractivity contribution >= 4 is 59.2 Å². The molecule has 0 aromatic heterocycles. The van der Waals surface area contributed by atoms with E-state index in [1.807, 2.05) is 41.3 Å². The fourth-order valence-corrected chi connectivity index (χ4v) is 5.38. The Labute approximate surface area is 320 Å². The molecule has 0 saturated heterocycles. The molecule has 12 nitrogen and oxygen atoms in total. The first-order valence-electron chi connectivity index (χ1n) is 17.8. The summed E-state index contributed by atoms with van der Waals surface area (Å²) in [7, 11) is 0. The molecule has 0 aliphatic rings. The van der Waals surface area contributed by atoms with Crippen molar-refractivity contribution in [3.8, 4) is 0 Å². The van der Waals surface area contributed by atoms with E-state index in [0.29, 0.717) is 0 Å². The topological polar surface area (TPSA) is 146 Å². The molecule has 55 heavy (non-hydrogen) atoms. The number of rotatable bonds is 18. The molecule has 12 heteroatoms. The summed E-state index contributed by atoms with van der Waals surface area (Å²) in [4.78, 5) is 76.1. The summed E-state index contributed by atoms with van der Waals surface area (Å²) in [6.45, 7) is 8.61. The van der Waals surface area contributed by atoms with E-state index in [0.717, 1.165) is 36.8 Å². The second kappa shape index (κ2) is 20.6. The first-order valence-corrected chi connectivity index (χ1v) is 17.8. The van der Waals surface area contributed by atoms with Gasteiger partial charge in [-0.15, -0.1) is 0 Å². The molecule has 0 unspecified atom stereocenters. The van der Waals surface area contributed by atoms with Crippen LogP contribution in [0.3, 0.4) is 0 Å². The first-order chi connectivity index (χ1) is 26.5. The lowest BCUT2D eigenvalue weighted by molar-refractivity contribution is -0.140. The fraction of sp³-hybridized carbons (Fsp3) is 0.256. The molecule has 0 aliphatic heterocycles. The van der Waals surface area contributed by atoms with Gasteiger partial charge < -0.3 is 28.7 Å². The van der Waals surface area contributed by atoms with Gasteiger partial charge in [-0.25, -0.2) is 14.4 Å². The Morgan fingerprint density at radius 2 is 0.891 bits per heavy atom. The van der Waals surface area contributed by atoms with Crippen molar-refractivity contribution in [3.63, 3.8) is 0 Å². The maximum absolute atomic E-state index is 12.8. The number of hydrogen-bond acceptors (Lipinski definition) is 12. The van der Waals surface area contributed by atoms with Crippen molar-refractivity contribution in [1.82, 2.24) is 0 Å². The molecular weight excluding hydrogens is 704 g/mol. The number of hydrogen-bond donors (Lipinski definition) is 0. The highest BCUT2D eigenvalue weighted by Gasteiger charge is 2.16. The Morgan fingerprint density at radius 3 is 1.29 bits per heavy atom. The van der Waals surface area contributed by atoms with Gasteiger partial charge in [0.25, 0.3) is 0 Å². The van der Waals surface area contributed by atoms with Gasteiger partial charge >= 0.3 is 29.8 Å². The molecule has 286 valence electrons. The SMILES string of the molecule is CCN(CC)c1ccc(C=Cc2ccc(N(CCOC(=O)c3ccc(C(=O)COC(C)=O)cc3)CCOC(=O)c3ccc(C(=O)OC(C)=O)cc3)cc2)cc1. The van der Waals surface area contributed by atoms with Crippen molar-refractivity contribution in [2.45, 2.75) is 27.7 Å². The highest BCUT2D eigenvalue weighted by molar-refractivity contribution is 5.99. The lowest BCUT2D eigenvalue weighted by Gasteiger charge is -2.24. The van der Waals surface area contributed by atoms with Crippen LogP contribution in [0.2, 0.25) is 0 Å². The maximum Gasteiger partial charge on any atom is 0.345 e. The number of carbonyl (C=O) groups excluding carboxylic acids is 6. The molecule has 4 aromatic carbocycles. The van der Waals surface area contributed by atoms with Crippen LogP contribution in [0.1, 0.15) is 80.3 Å². The van der Waals surface area contributed by atoms with E-state index in [1.54, 1.807) is 0 Å². The van der Waals surface area contributed by atoms with Crippen molar-refractivity contribution in [3.05, 3.63) is 130 Å². The molecule has 0 amide bonds. The summed E-state index contributed by atoms with van der Waals surface area (Å²) in [6.07, 6.45) is 4.06. The average molecular weight is 749 g/mol. The van der Waals surface area contributed by atoms with E-state index in [2.05, 4.69) is 47.7 Å². The first kappa shape index (κ1) is 41.2. The summed E-state index contributed by atoms with van der Waals surface area (Å²) in [6, 6.07) is 27.6. The van der Waals surface area contributed by atoms with E-state index in [4.69, 9.17) is 14.2 Å². The molecule has 0 bridgehead atoms. The minimum Gasteiger partial charge on any atom is -0.460 e. The van der Waals surface area contributed by atoms with Crippen LogP contribution in [0.4, 0.5) is 11.4 Å². The van der Waals surface area contributed by atoms with Crippen LogP contribution < -0.4 is 9.80 Å². The van der Waals surface area contributed by atoms with Gasteiger partial charge in [0.2, 0.25) is 0 Å². The Hall–Kier alpha value is -6.56. The number of Topliss-reactive ketones (excluding diaryl/α,β-unsaturated/α-hetero) is 1. The van der Waals surface area contributed by atoms with E-state index in [1.165, 1.54) is 61.1 Å². The number of esters is 5. The molecule has 0 N–H and O–H groups in total. The molecule has 4 rings (SSSR count). The minimum atomic E-state index is -0.821. The van der Waals surface area contributed by atoms with Crippen LogP contribution in [-0.2, 0) is 28.5 Å². The van der Waals surface area contributed by atoms with Crippen LogP contribution in [0.25, 0.3) is 12.2 Å². The maximum atomic E-state index is 12.8. The van der Waals surface area contributed by atoms with Gasteiger partial charge in [-0.3, -0.25) is 14.4 Å². The molecule has 0 spiro atoms. The van der Waals surface area contributed by atoms with Crippen LogP contribution in [0, 0.1) is 0 Å². The summed E-state index contributed by atoms with van der Waals surface area (Å²) in [5, 5.41) is 0. The molecule has 0 heterocycles. The number of anilines is 2. The molecular formula is C43H44N2O10. The number of nitrogens with zero attached hydrogens (tertiary/aromatic N) is 2. The summed E-state index contributed by atoms with van der Waals surface area (Å²) >= 11 is 0. The van der Waals surface area contributed by atoms with Gasteiger partial charge in [0.1, 0.15) is 13.2 Å². The number of ketones is 1. The summed E-state index contributed by atoms with van der Waals surface area (Å²) in [5.74, 6) is -3.73. The average Bonchev–Trinajstić information content (AvgIpc) is 3.19. The van der Waals surface area contributed by atoms with E-state index in [-0.39, 0.29) is 48.6 Å². The molecule has 0 radical (unpaired) electrons. The molecule has 0 saturated carbocycles. The lowest BCUT2D eigenvalue weighted by Crippen LogP contribution is -2.32. The fourth-order valence-electron chi connectivity index (χ4n) is 5.38. The zero-order chi connectivity index (χ0) is 39.7. The molecule has 0 aliphatic carbocycles. The third-order valence-electron chi connectivity index (χ3n) is 8.38. The molecule has 0 fully saturated rings. The second-order valence-corrected chi connectivity index (χ2v) is 12.2. The Morgan fingerprint density at radius 1 is 0.491 bits per heavy atom. The summed E-state index contributed by atoms with van der Waals surface area (Å²) < 4.78 is 20.4. The standard InChI is InChI=1S/C43H44N2O10/c1-5-44(6-2)38-21-9-32(10-22-38)7-8-33-11-23-39(24-12-33)45(26-28-53-42(50)36-17-19-37(20-18-36)43(51)55-31(4)47)25-27-52-41(49)35-15-13-34(14-16-35)40(48)29-54-30(3)46/h7-24H,5-6,25-29H2,1-4H3. The smallest absolute Gasteiger partial charge is 0.345 e. The minimum absolute atomic E-state index is 0.00286. The van der Waals surface area contributed by atoms with E-state index >= 15 is 0 Å². The zero-order valence-corrected chi connectivity index (χ0v) is 31.3. The number of benzene rings is 4. The molecule has 4 aromatic rings. The van der Waals surface area contributed by atoms with Gasteiger partial charge in [0.05, 0.1) is 29.8 Å². The predicted molar refractivity (Wildman–Crippen MR) is 208 cm³/mol. The third-order valence-corrected chi connectivity index (χ3v) is 8.38. The highest BCUT2D eigenvalue weighted by Crippen LogP contribution is 2.20. The van der Waals surface area contributed by atoms with Crippen molar-refractivity contribution < 1.29 is 47.7 Å². The highest BCUT2D eigenvalue weighted by atomic mass is 16.6. The number of carbonyl (C=O) groups is 6. The summed E-state index contributed by atoms with van der Waals surface area (Å²) in [5.41, 5.74) is 4.87. The Bertz CT molecular complexity index is 1970. The van der Waals surface area contributed by atoms with Crippen LogP contribution in [-0.4, -0.2) is 81.6 Å².